The predicted molar refractivity (Wildman–Crippen MR) is 73.1 cm³/mol. The van der Waals surface area contributed by atoms with Crippen LogP contribution in [0.4, 0.5) is 5.69 Å². The van der Waals surface area contributed by atoms with Crippen LogP contribution in [-0.2, 0) is 6.61 Å². The maximum atomic E-state index is 9.34. The number of rotatable bonds is 3. The SMILES string of the molecule is Nc1cccc2oc(COc3cccc(O)c3)cc12. The molecule has 96 valence electrons. The Labute approximate surface area is 110 Å². The van der Waals surface area contributed by atoms with Crippen molar-refractivity contribution in [2.24, 2.45) is 0 Å². The lowest BCUT2D eigenvalue weighted by Gasteiger charge is -2.03. The van der Waals surface area contributed by atoms with E-state index in [0.717, 1.165) is 11.0 Å². The highest BCUT2D eigenvalue weighted by Crippen LogP contribution is 2.26. The molecular weight excluding hydrogens is 242 g/mol. The van der Waals surface area contributed by atoms with Crippen molar-refractivity contribution in [2.45, 2.75) is 6.61 Å². The summed E-state index contributed by atoms with van der Waals surface area (Å²) in [6.07, 6.45) is 0. The molecule has 0 aliphatic heterocycles. The van der Waals surface area contributed by atoms with Crippen LogP contribution < -0.4 is 10.5 Å². The predicted octanol–water partition coefficient (Wildman–Crippen LogP) is 3.30. The summed E-state index contributed by atoms with van der Waals surface area (Å²) in [4.78, 5) is 0. The Balaban J connectivity index is 1.80. The zero-order chi connectivity index (χ0) is 13.2. The highest BCUT2D eigenvalue weighted by atomic mass is 16.5. The fourth-order valence-electron chi connectivity index (χ4n) is 1.94. The molecule has 0 aliphatic rings. The standard InChI is InChI=1S/C15H13NO3/c16-14-5-2-6-15-13(14)8-12(19-15)9-18-11-4-1-3-10(17)7-11/h1-8,17H,9,16H2. The van der Waals surface area contributed by atoms with Gasteiger partial charge in [0.15, 0.2) is 0 Å². The molecule has 0 fully saturated rings. The smallest absolute Gasteiger partial charge is 0.146 e. The molecule has 4 heteroatoms. The molecule has 4 nitrogen and oxygen atoms in total. The van der Waals surface area contributed by atoms with Crippen molar-refractivity contribution in [2.75, 3.05) is 5.73 Å². The topological polar surface area (TPSA) is 68.6 Å². The van der Waals surface area contributed by atoms with Gasteiger partial charge in [0.25, 0.3) is 0 Å². The second kappa shape index (κ2) is 4.57. The van der Waals surface area contributed by atoms with Gasteiger partial charge in [-0.25, -0.2) is 0 Å². The van der Waals surface area contributed by atoms with E-state index >= 15 is 0 Å². The van der Waals surface area contributed by atoms with Crippen molar-refractivity contribution in [3.63, 3.8) is 0 Å². The van der Waals surface area contributed by atoms with Crippen molar-refractivity contribution >= 4 is 16.7 Å². The van der Waals surface area contributed by atoms with Gasteiger partial charge in [0.2, 0.25) is 0 Å². The van der Waals surface area contributed by atoms with Crippen LogP contribution in [-0.4, -0.2) is 5.11 Å². The van der Waals surface area contributed by atoms with Crippen LogP contribution in [0.3, 0.4) is 0 Å². The van der Waals surface area contributed by atoms with Gasteiger partial charge in [-0.15, -0.1) is 0 Å². The number of nitrogens with two attached hydrogens (primary N) is 1. The lowest BCUT2D eigenvalue weighted by atomic mass is 10.2. The monoisotopic (exact) mass is 255 g/mol. The molecule has 3 rings (SSSR count). The number of fused-ring (bicyclic) bond motifs is 1. The molecule has 3 N–H and O–H groups in total. The quantitative estimate of drug-likeness (QED) is 0.704. The molecule has 0 aliphatic carbocycles. The third kappa shape index (κ3) is 2.33. The van der Waals surface area contributed by atoms with E-state index in [1.807, 2.05) is 24.3 Å². The number of anilines is 1. The van der Waals surface area contributed by atoms with E-state index in [2.05, 4.69) is 0 Å². The van der Waals surface area contributed by atoms with Crippen molar-refractivity contribution in [1.82, 2.24) is 0 Å². The molecule has 19 heavy (non-hydrogen) atoms. The molecule has 0 saturated carbocycles. The number of furan rings is 1. The van der Waals surface area contributed by atoms with E-state index in [4.69, 9.17) is 14.9 Å². The highest BCUT2D eigenvalue weighted by Gasteiger charge is 2.06. The summed E-state index contributed by atoms with van der Waals surface area (Å²) < 4.78 is 11.2. The number of nitrogen functional groups attached to an aromatic ring is 1. The molecule has 0 unspecified atom stereocenters. The van der Waals surface area contributed by atoms with Crippen molar-refractivity contribution in [1.29, 1.82) is 0 Å². The summed E-state index contributed by atoms with van der Waals surface area (Å²) in [5.74, 6) is 1.45. The molecule has 0 bridgehead atoms. The Morgan fingerprint density at radius 3 is 2.74 bits per heavy atom. The number of ether oxygens (including phenoxy) is 1. The minimum atomic E-state index is 0.173. The Kier molecular flexibility index (Phi) is 2.76. The van der Waals surface area contributed by atoms with Gasteiger partial charge >= 0.3 is 0 Å². The van der Waals surface area contributed by atoms with Crippen LogP contribution >= 0.6 is 0 Å². The van der Waals surface area contributed by atoms with Gasteiger partial charge in [-0.2, -0.15) is 0 Å². The normalized spacial score (nSPS) is 10.7. The van der Waals surface area contributed by atoms with E-state index in [9.17, 15) is 5.11 Å². The third-order valence-corrected chi connectivity index (χ3v) is 2.84. The summed E-state index contributed by atoms with van der Waals surface area (Å²) in [7, 11) is 0. The van der Waals surface area contributed by atoms with Gasteiger partial charge in [0.05, 0.1) is 0 Å². The first kappa shape index (κ1) is 11.5. The molecule has 1 heterocycles. The second-order valence-electron chi connectivity index (χ2n) is 4.26. The first-order valence-corrected chi connectivity index (χ1v) is 5.91. The Morgan fingerprint density at radius 2 is 1.95 bits per heavy atom. The number of phenolic OH excluding ortho intramolecular Hbond substituents is 1. The molecule has 0 amide bonds. The molecular formula is C15H13NO3. The molecule has 2 aromatic carbocycles. The number of aromatic hydroxyl groups is 1. The fourth-order valence-corrected chi connectivity index (χ4v) is 1.94. The van der Waals surface area contributed by atoms with Gasteiger partial charge in [0, 0.05) is 17.1 Å². The number of phenols is 1. The maximum absolute atomic E-state index is 9.34. The summed E-state index contributed by atoms with van der Waals surface area (Å²) in [5, 5.41) is 10.2. The van der Waals surface area contributed by atoms with Gasteiger partial charge in [0.1, 0.15) is 29.4 Å². The van der Waals surface area contributed by atoms with Crippen LogP contribution in [0.25, 0.3) is 11.0 Å². The Bertz CT molecular complexity index is 718. The summed E-state index contributed by atoms with van der Waals surface area (Å²) in [6.45, 7) is 0.289. The summed E-state index contributed by atoms with van der Waals surface area (Å²) in [5.41, 5.74) is 7.29. The molecule has 0 spiro atoms. The molecule has 0 saturated heterocycles. The molecule has 0 atom stereocenters. The van der Waals surface area contributed by atoms with Crippen LogP contribution in [0.15, 0.2) is 52.9 Å². The second-order valence-corrected chi connectivity index (χ2v) is 4.26. The van der Waals surface area contributed by atoms with Crippen molar-refractivity contribution < 1.29 is 14.3 Å². The minimum absolute atomic E-state index is 0.173. The zero-order valence-electron chi connectivity index (χ0n) is 10.2. The first-order valence-electron chi connectivity index (χ1n) is 5.91. The fraction of sp³-hybridized carbons (Fsp3) is 0.0667. The van der Waals surface area contributed by atoms with E-state index in [1.54, 1.807) is 24.3 Å². The zero-order valence-corrected chi connectivity index (χ0v) is 10.2. The minimum Gasteiger partial charge on any atom is -0.508 e. The number of benzene rings is 2. The van der Waals surface area contributed by atoms with Crippen molar-refractivity contribution in [3.8, 4) is 11.5 Å². The number of hydrogen-bond acceptors (Lipinski definition) is 4. The van der Waals surface area contributed by atoms with Crippen LogP contribution in [0.5, 0.6) is 11.5 Å². The Hall–Kier alpha value is -2.62. The molecule has 1 aromatic heterocycles. The van der Waals surface area contributed by atoms with E-state index in [-0.39, 0.29) is 12.4 Å². The van der Waals surface area contributed by atoms with Crippen molar-refractivity contribution in [3.05, 3.63) is 54.3 Å². The lowest BCUT2D eigenvalue weighted by molar-refractivity contribution is 0.273. The maximum Gasteiger partial charge on any atom is 0.146 e. The lowest BCUT2D eigenvalue weighted by Crippen LogP contribution is -1.93. The average Bonchev–Trinajstić information content (AvgIpc) is 2.81. The summed E-state index contributed by atoms with van der Waals surface area (Å²) in [6, 6.07) is 14.1. The van der Waals surface area contributed by atoms with Gasteiger partial charge in [-0.1, -0.05) is 12.1 Å². The van der Waals surface area contributed by atoms with Gasteiger partial charge < -0.3 is 20.0 Å². The van der Waals surface area contributed by atoms with Crippen LogP contribution in [0.2, 0.25) is 0 Å². The van der Waals surface area contributed by atoms with E-state index in [1.165, 1.54) is 0 Å². The molecule has 0 radical (unpaired) electrons. The largest absolute Gasteiger partial charge is 0.508 e. The highest BCUT2D eigenvalue weighted by molar-refractivity contribution is 5.89. The molecule has 3 aromatic rings. The third-order valence-electron chi connectivity index (χ3n) is 2.84. The Morgan fingerprint density at radius 1 is 1.11 bits per heavy atom. The van der Waals surface area contributed by atoms with Crippen LogP contribution in [0, 0.1) is 0 Å². The van der Waals surface area contributed by atoms with E-state index in [0.29, 0.717) is 17.2 Å². The van der Waals surface area contributed by atoms with Gasteiger partial charge in [-0.3, -0.25) is 0 Å². The first-order chi connectivity index (χ1) is 9.22. The average molecular weight is 255 g/mol. The van der Waals surface area contributed by atoms with Crippen LogP contribution in [0.1, 0.15) is 5.76 Å². The van der Waals surface area contributed by atoms with E-state index < -0.39 is 0 Å². The summed E-state index contributed by atoms with van der Waals surface area (Å²) >= 11 is 0. The van der Waals surface area contributed by atoms with Gasteiger partial charge in [-0.05, 0) is 30.3 Å². The number of hydrogen-bond donors (Lipinski definition) is 2.